The van der Waals surface area contributed by atoms with Crippen molar-refractivity contribution in [2.24, 2.45) is 0 Å². The Bertz CT molecular complexity index is 1220. The van der Waals surface area contributed by atoms with Gasteiger partial charge < -0.3 is 10.1 Å². The van der Waals surface area contributed by atoms with Crippen LogP contribution in [0.1, 0.15) is 33.5 Å². The van der Waals surface area contributed by atoms with Gasteiger partial charge in [0.05, 0.1) is 7.11 Å². The van der Waals surface area contributed by atoms with Crippen LogP contribution in [0.25, 0.3) is 0 Å². The highest BCUT2D eigenvalue weighted by atomic mass is 79.9. The van der Waals surface area contributed by atoms with E-state index in [0.29, 0.717) is 24.2 Å². The molecule has 0 bridgehead atoms. The number of nitrogens with one attached hydrogen (secondary N) is 3. The number of likely N-dealkylation sites (tertiary alicyclic amines) is 1. The lowest BCUT2D eigenvalue weighted by Crippen LogP contribution is -2.46. The number of carbonyl (C=O) groups excluding carboxylic acids is 1. The van der Waals surface area contributed by atoms with Crippen LogP contribution in [0, 0.1) is 11.2 Å². The molecule has 4 rings (SSSR count). The maximum atomic E-state index is 14.8. The third kappa shape index (κ3) is 6.71. The van der Waals surface area contributed by atoms with E-state index < -0.39 is 11.7 Å². The molecule has 0 aliphatic carbocycles. The van der Waals surface area contributed by atoms with Crippen molar-refractivity contribution in [2.75, 3.05) is 20.2 Å². The van der Waals surface area contributed by atoms with Gasteiger partial charge in [0.2, 0.25) is 0 Å². The van der Waals surface area contributed by atoms with Crippen molar-refractivity contribution in [3.63, 3.8) is 0 Å². The zero-order chi connectivity index (χ0) is 25.5. The van der Waals surface area contributed by atoms with Gasteiger partial charge in [0, 0.05) is 41.3 Å². The fourth-order valence-electron chi connectivity index (χ4n) is 4.58. The predicted molar refractivity (Wildman–Crippen MR) is 143 cm³/mol. The highest BCUT2D eigenvalue weighted by Crippen LogP contribution is 2.25. The van der Waals surface area contributed by atoms with Crippen LogP contribution in [0.3, 0.4) is 0 Å². The Kier molecular flexibility index (Phi) is 8.72. The number of methoxy groups -OCH3 is 1. The molecule has 8 heteroatoms. The van der Waals surface area contributed by atoms with Crippen molar-refractivity contribution >= 4 is 27.8 Å². The number of carbonyl (C=O) groups is 1. The molecule has 1 fully saturated rings. The minimum atomic E-state index is -0.498. The number of nitrogens with zero attached hydrogens (tertiary/aromatic N) is 1. The first-order chi connectivity index (χ1) is 17.4. The van der Waals surface area contributed by atoms with Gasteiger partial charge in [-0.3, -0.25) is 20.4 Å². The molecule has 0 radical (unpaired) electrons. The van der Waals surface area contributed by atoms with Crippen LogP contribution in [-0.2, 0) is 19.4 Å². The van der Waals surface area contributed by atoms with Gasteiger partial charge in [-0.05, 0) is 60.7 Å². The summed E-state index contributed by atoms with van der Waals surface area (Å²) >= 11 is 3.46. The first kappa shape index (κ1) is 25.9. The van der Waals surface area contributed by atoms with Gasteiger partial charge in [0.25, 0.3) is 5.91 Å². The van der Waals surface area contributed by atoms with Crippen molar-refractivity contribution < 1.29 is 13.9 Å². The normalized spacial score (nSPS) is 15.5. The van der Waals surface area contributed by atoms with Crippen LogP contribution in [0.4, 0.5) is 4.39 Å². The number of guanidine groups is 1. The molecule has 188 valence electrons. The summed E-state index contributed by atoms with van der Waals surface area (Å²) < 4.78 is 21.1. The average Bonchev–Trinajstić information content (AvgIpc) is 3.30. The monoisotopic (exact) mass is 552 g/mol. The van der Waals surface area contributed by atoms with E-state index in [-0.39, 0.29) is 17.6 Å². The molecule has 1 heterocycles. The molecule has 1 aliphatic rings. The molecule has 3 aromatic rings. The molecule has 36 heavy (non-hydrogen) atoms. The van der Waals surface area contributed by atoms with Gasteiger partial charge in [-0.1, -0.05) is 52.3 Å². The van der Waals surface area contributed by atoms with Gasteiger partial charge >= 0.3 is 0 Å². The predicted octanol–water partition coefficient (Wildman–Crippen LogP) is 4.91. The van der Waals surface area contributed by atoms with Crippen LogP contribution in [0.2, 0.25) is 0 Å². The van der Waals surface area contributed by atoms with E-state index in [9.17, 15) is 9.18 Å². The molecule has 0 aromatic heterocycles. The molecule has 0 spiro atoms. The average molecular weight is 553 g/mol. The van der Waals surface area contributed by atoms with Crippen LogP contribution in [0.5, 0.6) is 5.75 Å². The van der Waals surface area contributed by atoms with Crippen LogP contribution < -0.4 is 15.4 Å². The van der Waals surface area contributed by atoms with Crippen molar-refractivity contribution in [1.29, 1.82) is 5.41 Å². The van der Waals surface area contributed by atoms with E-state index in [1.165, 1.54) is 17.7 Å². The molecule has 0 saturated carbocycles. The maximum absolute atomic E-state index is 14.8. The van der Waals surface area contributed by atoms with Gasteiger partial charge in [0.1, 0.15) is 11.6 Å². The number of aryl methyl sites for hydroxylation is 1. The smallest absolute Gasteiger partial charge is 0.258 e. The van der Waals surface area contributed by atoms with Crippen LogP contribution in [0.15, 0.2) is 71.2 Å². The minimum absolute atomic E-state index is 0.0671. The van der Waals surface area contributed by atoms with Gasteiger partial charge in [-0.25, -0.2) is 4.39 Å². The van der Waals surface area contributed by atoms with Gasteiger partial charge in [-0.2, -0.15) is 0 Å². The van der Waals surface area contributed by atoms with E-state index in [1.54, 1.807) is 13.2 Å². The summed E-state index contributed by atoms with van der Waals surface area (Å²) in [6.07, 6.45) is 1.70. The molecule has 1 saturated heterocycles. The molecular weight excluding hydrogens is 523 g/mol. The van der Waals surface area contributed by atoms with Gasteiger partial charge in [0.15, 0.2) is 5.96 Å². The molecule has 3 aromatic carbocycles. The second kappa shape index (κ2) is 12.1. The number of hydrogen-bond acceptors (Lipinski definition) is 4. The van der Waals surface area contributed by atoms with Crippen molar-refractivity contribution in [2.45, 2.75) is 31.8 Å². The van der Waals surface area contributed by atoms with Crippen molar-refractivity contribution in [3.05, 3.63) is 99.3 Å². The second-order valence-electron chi connectivity index (χ2n) is 8.90. The fourth-order valence-corrected chi connectivity index (χ4v) is 4.99. The Morgan fingerprint density at radius 1 is 1.14 bits per heavy atom. The molecule has 1 aliphatic heterocycles. The highest BCUT2D eigenvalue weighted by Gasteiger charge is 2.24. The first-order valence-electron chi connectivity index (χ1n) is 12.0. The summed E-state index contributed by atoms with van der Waals surface area (Å²) in [7, 11) is 1.60. The highest BCUT2D eigenvalue weighted by molar-refractivity contribution is 9.10. The lowest BCUT2D eigenvalue weighted by Gasteiger charge is -2.18. The van der Waals surface area contributed by atoms with E-state index in [0.717, 1.165) is 36.1 Å². The number of benzene rings is 3. The van der Waals surface area contributed by atoms with E-state index in [2.05, 4.69) is 43.6 Å². The molecule has 1 unspecified atom stereocenters. The topological polar surface area (TPSA) is 77.4 Å². The number of amides is 1. The van der Waals surface area contributed by atoms with Gasteiger partial charge in [-0.15, -0.1) is 0 Å². The zero-order valence-corrected chi connectivity index (χ0v) is 21.8. The van der Waals surface area contributed by atoms with Crippen LogP contribution in [-0.4, -0.2) is 43.0 Å². The summed E-state index contributed by atoms with van der Waals surface area (Å²) in [5.74, 6) is -0.300. The molecule has 3 N–H and O–H groups in total. The Hall–Kier alpha value is -3.23. The Labute approximate surface area is 219 Å². The quantitative estimate of drug-likeness (QED) is 0.274. The number of rotatable bonds is 8. The first-order valence-corrected chi connectivity index (χ1v) is 12.7. The summed E-state index contributed by atoms with van der Waals surface area (Å²) in [6.45, 7) is 2.56. The Morgan fingerprint density at radius 3 is 2.72 bits per heavy atom. The number of ether oxygens (including phenoxy) is 1. The summed E-state index contributed by atoms with van der Waals surface area (Å²) in [5.41, 5.74) is 2.71. The third-order valence-electron chi connectivity index (χ3n) is 6.36. The minimum Gasteiger partial charge on any atom is -0.496 e. The molecule has 6 nitrogen and oxygen atoms in total. The van der Waals surface area contributed by atoms with Crippen molar-refractivity contribution in [1.82, 2.24) is 15.5 Å². The largest absolute Gasteiger partial charge is 0.496 e. The van der Waals surface area contributed by atoms with E-state index in [4.69, 9.17) is 10.1 Å². The van der Waals surface area contributed by atoms with Crippen LogP contribution >= 0.6 is 15.9 Å². The molecular formula is C28H30BrFN4O2. The fraction of sp³-hybridized carbons (Fsp3) is 0.286. The van der Waals surface area contributed by atoms with E-state index >= 15 is 0 Å². The third-order valence-corrected chi connectivity index (χ3v) is 6.85. The lowest BCUT2D eigenvalue weighted by atomic mass is 9.98. The zero-order valence-electron chi connectivity index (χ0n) is 20.2. The number of halogens is 2. The second-order valence-corrected chi connectivity index (χ2v) is 9.82. The summed E-state index contributed by atoms with van der Waals surface area (Å²) in [4.78, 5) is 15.3. The Morgan fingerprint density at radius 2 is 1.94 bits per heavy atom. The van der Waals surface area contributed by atoms with Crippen molar-refractivity contribution in [3.8, 4) is 5.75 Å². The summed E-state index contributed by atoms with van der Waals surface area (Å²) in [6, 6.07) is 20.5. The summed E-state index contributed by atoms with van der Waals surface area (Å²) in [5, 5.41) is 14.0. The molecule has 1 atom stereocenters. The lowest BCUT2D eigenvalue weighted by molar-refractivity contribution is 0.0974. The van der Waals surface area contributed by atoms with E-state index in [1.807, 2.05) is 36.4 Å². The standard InChI is InChI=1S/C28H30BrFN4O2/c1-36-26-13-11-21(29)16-20(26)10-12-23-24(8-5-9-25(23)30)27(35)33-28(31)32-22-14-15-34(18-22)17-19-6-3-2-4-7-19/h2-9,11,13,16,22H,10,12,14-15,17-18H2,1H3,(H3,31,32,33,35). The molecule has 1 amide bonds. The SMILES string of the molecule is COc1ccc(Br)cc1CCc1c(F)cccc1C(=O)NC(=N)NC1CCN(Cc2ccccc2)C1. The Balaban J connectivity index is 1.35. The maximum Gasteiger partial charge on any atom is 0.258 e. The number of hydrogen-bond donors (Lipinski definition) is 3.